The lowest BCUT2D eigenvalue weighted by Crippen LogP contribution is -2.27. The highest BCUT2D eigenvalue weighted by Crippen LogP contribution is 2.25. The van der Waals surface area contributed by atoms with Gasteiger partial charge in [-0.05, 0) is 32.9 Å². The van der Waals surface area contributed by atoms with Crippen LogP contribution in [-0.4, -0.2) is 21.0 Å². The molecule has 3 aromatic rings. The predicted molar refractivity (Wildman–Crippen MR) is 87.2 cm³/mol. The molecule has 0 aliphatic heterocycles. The number of thiazole rings is 1. The summed E-state index contributed by atoms with van der Waals surface area (Å²) in [5.74, 6) is 0.314. The lowest BCUT2D eigenvalue weighted by atomic mass is 10.2. The number of carbonyl (C=O) groups is 1. The Morgan fingerprint density at radius 2 is 2.22 bits per heavy atom. The molecule has 7 heteroatoms. The number of hydrogen-bond donors (Lipinski definition) is 1. The van der Waals surface area contributed by atoms with Crippen LogP contribution in [0.3, 0.4) is 0 Å². The average molecular weight is 328 g/mol. The Morgan fingerprint density at radius 1 is 1.39 bits per heavy atom. The van der Waals surface area contributed by atoms with Crippen LogP contribution < -0.4 is 5.32 Å². The Labute approximate surface area is 137 Å². The molecule has 6 nitrogen and oxygen atoms in total. The van der Waals surface area contributed by atoms with Crippen LogP contribution >= 0.6 is 11.3 Å². The maximum atomic E-state index is 12.4. The van der Waals surface area contributed by atoms with Gasteiger partial charge in [0, 0.05) is 23.3 Å². The lowest BCUT2D eigenvalue weighted by molar-refractivity contribution is 0.0938. The first-order valence-corrected chi connectivity index (χ1v) is 8.03. The molecule has 0 bridgehead atoms. The summed E-state index contributed by atoms with van der Waals surface area (Å²) >= 11 is 1.51. The first kappa shape index (κ1) is 15.4. The number of nitrogens with one attached hydrogen (secondary N) is 1. The molecule has 3 heterocycles. The van der Waals surface area contributed by atoms with E-state index in [9.17, 15) is 4.79 Å². The second kappa shape index (κ2) is 6.29. The van der Waals surface area contributed by atoms with Crippen LogP contribution in [0, 0.1) is 13.8 Å². The van der Waals surface area contributed by atoms with E-state index in [-0.39, 0.29) is 11.9 Å². The summed E-state index contributed by atoms with van der Waals surface area (Å²) in [4.78, 5) is 21.0. The van der Waals surface area contributed by atoms with Crippen molar-refractivity contribution in [2.75, 3.05) is 0 Å². The zero-order valence-electron chi connectivity index (χ0n) is 13.0. The summed E-state index contributed by atoms with van der Waals surface area (Å²) in [7, 11) is 0. The summed E-state index contributed by atoms with van der Waals surface area (Å²) in [6.45, 7) is 5.38. The van der Waals surface area contributed by atoms with Crippen molar-refractivity contribution in [2.24, 2.45) is 0 Å². The normalized spacial score (nSPS) is 12.1. The topological polar surface area (TPSA) is 80.9 Å². The van der Waals surface area contributed by atoms with Gasteiger partial charge in [0.1, 0.15) is 16.3 Å². The van der Waals surface area contributed by atoms with Gasteiger partial charge in [0.2, 0.25) is 0 Å². The Kier molecular flexibility index (Phi) is 4.20. The Morgan fingerprint density at radius 3 is 2.87 bits per heavy atom. The van der Waals surface area contributed by atoms with Crippen LogP contribution in [0.4, 0.5) is 0 Å². The van der Waals surface area contributed by atoms with Crippen LogP contribution in [0.1, 0.15) is 39.8 Å². The molecule has 1 N–H and O–H groups in total. The van der Waals surface area contributed by atoms with Crippen molar-refractivity contribution in [2.45, 2.75) is 26.8 Å². The van der Waals surface area contributed by atoms with Gasteiger partial charge in [-0.3, -0.25) is 9.78 Å². The van der Waals surface area contributed by atoms with Gasteiger partial charge in [-0.2, -0.15) is 0 Å². The number of rotatable bonds is 4. The number of nitrogens with zero attached hydrogens (tertiary/aromatic N) is 3. The molecule has 0 fully saturated rings. The molecular formula is C16H16N4O2S. The van der Waals surface area contributed by atoms with Crippen molar-refractivity contribution >= 4 is 17.2 Å². The molecule has 3 aromatic heterocycles. The third-order valence-electron chi connectivity index (χ3n) is 3.46. The minimum Gasteiger partial charge on any atom is -0.361 e. The largest absolute Gasteiger partial charge is 0.361 e. The van der Waals surface area contributed by atoms with E-state index in [4.69, 9.17) is 4.52 Å². The highest BCUT2D eigenvalue weighted by atomic mass is 32.1. The van der Waals surface area contributed by atoms with Crippen molar-refractivity contribution in [3.63, 3.8) is 0 Å². The van der Waals surface area contributed by atoms with Crippen molar-refractivity contribution in [1.82, 2.24) is 20.4 Å². The first-order chi connectivity index (χ1) is 11.1. The molecule has 0 spiro atoms. The molecule has 0 saturated heterocycles. The maximum Gasteiger partial charge on any atom is 0.257 e. The zero-order valence-corrected chi connectivity index (χ0v) is 13.8. The Bertz CT molecular complexity index is 806. The summed E-state index contributed by atoms with van der Waals surface area (Å²) in [5.41, 5.74) is 2.89. The minimum absolute atomic E-state index is 0.202. The number of pyridine rings is 1. The molecule has 0 aliphatic rings. The number of amides is 1. The molecule has 23 heavy (non-hydrogen) atoms. The summed E-state index contributed by atoms with van der Waals surface area (Å²) in [6, 6.07) is 3.63. The molecule has 0 aliphatic carbocycles. The highest BCUT2D eigenvalue weighted by Gasteiger charge is 2.21. The molecule has 1 atom stereocenters. The minimum atomic E-state index is -0.202. The third-order valence-corrected chi connectivity index (χ3v) is 4.49. The predicted octanol–water partition coefficient (Wildman–Crippen LogP) is 3.30. The van der Waals surface area contributed by atoms with E-state index < -0.39 is 0 Å². The molecule has 0 radical (unpaired) electrons. The summed E-state index contributed by atoms with van der Waals surface area (Å²) < 4.78 is 5.03. The second-order valence-electron chi connectivity index (χ2n) is 5.21. The quantitative estimate of drug-likeness (QED) is 0.794. The van der Waals surface area contributed by atoms with Gasteiger partial charge in [0.15, 0.2) is 0 Å². The lowest BCUT2D eigenvalue weighted by Gasteiger charge is -2.10. The molecule has 0 unspecified atom stereocenters. The van der Waals surface area contributed by atoms with Crippen LogP contribution in [-0.2, 0) is 0 Å². The molecule has 0 aromatic carbocycles. The van der Waals surface area contributed by atoms with E-state index in [1.807, 2.05) is 24.4 Å². The van der Waals surface area contributed by atoms with Crippen molar-refractivity contribution in [1.29, 1.82) is 0 Å². The van der Waals surface area contributed by atoms with Crippen LogP contribution in [0.15, 0.2) is 34.4 Å². The van der Waals surface area contributed by atoms with Gasteiger partial charge in [0.25, 0.3) is 5.91 Å². The SMILES string of the molecule is Cc1noc(C)c1C(=O)N[C@@H](C)c1nc(-c2cccnc2)cs1. The van der Waals surface area contributed by atoms with E-state index >= 15 is 0 Å². The summed E-state index contributed by atoms with van der Waals surface area (Å²) in [5, 5.41) is 9.54. The fraction of sp³-hybridized carbons (Fsp3) is 0.250. The van der Waals surface area contributed by atoms with Gasteiger partial charge >= 0.3 is 0 Å². The number of carbonyl (C=O) groups excluding carboxylic acids is 1. The molecule has 0 saturated carbocycles. The Balaban J connectivity index is 1.75. The van der Waals surface area contributed by atoms with Crippen LogP contribution in [0.2, 0.25) is 0 Å². The average Bonchev–Trinajstić information content (AvgIpc) is 3.15. The highest BCUT2D eigenvalue weighted by molar-refractivity contribution is 7.10. The van der Waals surface area contributed by atoms with Gasteiger partial charge in [-0.25, -0.2) is 4.98 Å². The van der Waals surface area contributed by atoms with E-state index in [2.05, 4.69) is 20.4 Å². The first-order valence-electron chi connectivity index (χ1n) is 7.16. The fourth-order valence-electron chi connectivity index (χ4n) is 2.27. The Hall–Kier alpha value is -2.54. The number of aryl methyl sites for hydroxylation is 2. The van der Waals surface area contributed by atoms with Crippen molar-refractivity contribution < 1.29 is 9.32 Å². The summed E-state index contributed by atoms with van der Waals surface area (Å²) in [6.07, 6.45) is 3.50. The molecule has 118 valence electrons. The number of aromatic nitrogens is 3. The van der Waals surface area contributed by atoms with E-state index in [0.717, 1.165) is 16.3 Å². The van der Waals surface area contributed by atoms with Crippen molar-refractivity contribution in [3.05, 3.63) is 51.9 Å². The zero-order chi connectivity index (χ0) is 16.4. The van der Waals surface area contributed by atoms with Crippen LogP contribution in [0.5, 0.6) is 0 Å². The van der Waals surface area contributed by atoms with Gasteiger partial charge in [-0.1, -0.05) is 5.16 Å². The standard InChI is InChI=1S/C16H16N4O2S/c1-9-14(11(3)22-20-9)15(21)18-10(2)16-19-13(8-23-16)12-5-4-6-17-7-12/h4-8,10H,1-3H3,(H,18,21)/t10-/m0/s1. The second-order valence-corrected chi connectivity index (χ2v) is 6.10. The van der Waals surface area contributed by atoms with E-state index in [1.165, 1.54) is 11.3 Å². The van der Waals surface area contributed by atoms with Crippen LogP contribution in [0.25, 0.3) is 11.3 Å². The number of hydrogen-bond acceptors (Lipinski definition) is 6. The van der Waals surface area contributed by atoms with Gasteiger partial charge < -0.3 is 9.84 Å². The fourth-order valence-corrected chi connectivity index (χ4v) is 3.11. The van der Waals surface area contributed by atoms with E-state index in [0.29, 0.717) is 17.0 Å². The van der Waals surface area contributed by atoms with Crippen molar-refractivity contribution in [3.8, 4) is 11.3 Å². The molecule has 3 rings (SSSR count). The third kappa shape index (κ3) is 3.14. The molecule has 1 amide bonds. The van der Waals surface area contributed by atoms with Gasteiger partial charge in [-0.15, -0.1) is 11.3 Å². The smallest absolute Gasteiger partial charge is 0.257 e. The van der Waals surface area contributed by atoms with E-state index in [1.54, 1.807) is 26.2 Å². The maximum absolute atomic E-state index is 12.4. The molecular weight excluding hydrogens is 312 g/mol. The monoisotopic (exact) mass is 328 g/mol. The van der Waals surface area contributed by atoms with Gasteiger partial charge in [0.05, 0.1) is 17.4 Å².